The number of alkyl halides is 1. The molecule has 0 N–H and O–H groups in total. The van der Waals surface area contributed by atoms with Gasteiger partial charge in [-0.2, -0.15) is 0 Å². The van der Waals surface area contributed by atoms with Crippen LogP contribution >= 0.6 is 34.4 Å². The van der Waals surface area contributed by atoms with Gasteiger partial charge in [0.15, 0.2) is 0 Å². The van der Waals surface area contributed by atoms with Crippen molar-refractivity contribution in [1.82, 2.24) is 4.90 Å². The minimum Gasteiger partial charge on any atom is -0.459 e. The SMILES string of the molecule is CC1(C)S[C@@H]2[C@@H](I)C(=O)N2[C@H]1C(=O)OCc1ccccc1. The molecule has 21 heavy (non-hydrogen) atoms. The quantitative estimate of drug-likeness (QED) is 0.328. The molecule has 3 atom stereocenters. The number of halogens is 1. The number of amides is 1. The summed E-state index contributed by atoms with van der Waals surface area (Å²) in [6.07, 6.45) is 0. The Hall–Kier alpha value is -0.760. The van der Waals surface area contributed by atoms with E-state index in [2.05, 4.69) is 22.6 Å². The normalized spacial score (nSPS) is 29.8. The zero-order valence-corrected chi connectivity index (χ0v) is 14.8. The van der Waals surface area contributed by atoms with Crippen LogP contribution in [0.5, 0.6) is 0 Å². The second-order valence-electron chi connectivity index (χ2n) is 5.75. The minimum atomic E-state index is -0.491. The average molecular weight is 417 g/mol. The lowest BCUT2D eigenvalue weighted by atomic mass is 9.98. The minimum absolute atomic E-state index is 0.0289. The second-order valence-corrected chi connectivity index (χ2v) is 8.87. The van der Waals surface area contributed by atoms with Gasteiger partial charge in [0, 0.05) is 4.75 Å². The molecule has 0 aromatic heterocycles. The van der Waals surface area contributed by atoms with Crippen LogP contribution in [-0.2, 0) is 20.9 Å². The summed E-state index contributed by atoms with van der Waals surface area (Å²) in [5.74, 6) is -0.268. The van der Waals surface area contributed by atoms with E-state index in [1.807, 2.05) is 44.2 Å². The molecule has 0 aliphatic carbocycles. The third kappa shape index (κ3) is 2.56. The molecule has 2 saturated heterocycles. The van der Waals surface area contributed by atoms with Crippen molar-refractivity contribution in [3.8, 4) is 0 Å². The number of carbonyl (C=O) groups is 2. The topological polar surface area (TPSA) is 46.6 Å². The number of esters is 1. The van der Waals surface area contributed by atoms with E-state index >= 15 is 0 Å². The number of rotatable bonds is 3. The standard InChI is InChI=1S/C15H16INO3S/c1-15(2)11(17-12(18)10(16)13(17)21-15)14(19)20-8-9-6-4-3-5-7-9/h3-7,10-11,13H,8H2,1-2H3/t10-,11-,13+/m0/s1. The molecule has 4 nitrogen and oxygen atoms in total. The molecule has 2 fully saturated rings. The molecule has 112 valence electrons. The van der Waals surface area contributed by atoms with Crippen molar-refractivity contribution in [2.75, 3.05) is 0 Å². The highest BCUT2D eigenvalue weighted by Crippen LogP contribution is 2.53. The van der Waals surface area contributed by atoms with Crippen LogP contribution in [0.1, 0.15) is 19.4 Å². The molecule has 3 rings (SSSR count). The Bertz CT molecular complexity index is 578. The van der Waals surface area contributed by atoms with Crippen molar-refractivity contribution in [2.45, 2.75) is 40.5 Å². The predicted octanol–water partition coefficient (Wildman–Crippen LogP) is 2.60. The fraction of sp³-hybridized carbons (Fsp3) is 0.467. The van der Waals surface area contributed by atoms with Crippen LogP contribution in [0.4, 0.5) is 0 Å². The summed E-state index contributed by atoms with van der Waals surface area (Å²) >= 11 is 3.84. The van der Waals surface area contributed by atoms with Crippen LogP contribution in [0.25, 0.3) is 0 Å². The van der Waals surface area contributed by atoms with Gasteiger partial charge in [-0.3, -0.25) is 4.79 Å². The summed E-state index contributed by atoms with van der Waals surface area (Å²) in [6.45, 7) is 4.25. The van der Waals surface area contributed by atoms with Crippen molar-refractivity contribution in [3.05, 3.63) is 35.9 Å². The Morgan fingerprint density at radius 3 is 2.71 bits per heavy atom. The van der Waals surface area contributed by atoms with Gasteiger partial charge in [0.25, 0.3) is 0 Å². The van der Waals surface area contributed by atoms with Gasteiger partial charge in [-0.15, -0.1) is 11.8 Å². The molecule has 1 aromatic carbocycles. The van der Waals surface area contributed by atoms with Crippen molar-refractivity contribution in [2.24, 2.45) is 0 Å². The monoisotopic (exact) mass is 417 g/mol. The molecule has 0 unspecified atom stereocenters. The molecule has 1 amide bonds. The van der Waals surface area contributed by atoms with Gasteiger partial charge in [0.1, 0.15) is 21.9 Å². The van der Waals surface area contributed by atoms with Crippen LogP contribution in [-0.4, -0.2) is 36.9 Å². The van der Waals surface area contributed by atoms with Crippen LogP contribution < -0.4 is 0 Å². The van der Waals surface area contributed by atoms with Gasteiger partial charge in [-0.05, 0) is 19.4 Å². The third-order valence-electron chi connectivity index (χ3n) is 3.82. The van der Waals surface area contributed by atoms with Gasteiger partial charge in [-0.1, -0.05) is 52.9 Å². The number of fused-ring (bicyclic) bond motifs is 1. The fourth-order valence-electron chi connectivity index (χ4n) is 2.75. The molecule has 1 aromatic rings. The van der Waals surface area contributed by atoms with E-state index in [4.69, 9.17) is 4.74 Å². The number of hydrogen-bond donors (Lipinski definition) is 0. The number of nitrogens with zero attached hydrogens (tertiary/aromatic N) is 1. The lowest BCUT2D eigenvalue weighted by Crippen LogP contribution is -2.63. The Kier molecular flexibility index (Phi) is 3.94. The maximum atomic E-state index is 12.4. The number of carbonyl (C=O) groups excluding carboxylic acids is 2. The van der Waals surface area contributed by atoms with E-state index in [0.29, 0.717) is 0 Å². The highest BCUT2D eigenvalue weighted by Gasteiger charge is 2.63. The molecule has 2 heterocycles. The van der Waals surface area contributed by atoms with Gasteiger partial charge < -0.3 is 9.64 Å². The average Bonchev–Trinajstić information content (AvgIpc) is 2.74. The number of ether oxygens (including phenoxy) is 1. The highest BCUT2D eigenvalue weighted by molar-refractivity contribution is 14.1. The van der Waals surface area contributed by atoms with Crippen LogP contribution in [0, 0.1) is 0 Å². The Morgan fingerprint density at radius 1 is 1.38 bits per heavy atom. The van der Waals surface area contributed by atoms with E-state index in [-0.39, 0.29) is 32.5 Å². The number of thioether (sulfide) groups is 1. The molecule has 2 aliphatic heterocycles. The van der Waals surface area contributed by atoms with Gasteiger partial charge >= 0.3 is 5.97 Å². The fourth-order valence-corrected chi connectivity index (χ4v) is 5.40. The third-order valence-corrected chi connectivity index (χ3v) is 7.10. The number of β-lactam (4-membered cyclic amide) rings is 1. The van der Waals surface area contributed by atoms with Crippen LogP contribution in [0.2, 0.25) is 0 Å². The Morgan fingerprint density at radius 2 is 2.05 bits per heavy atom. The molecule has 6 heteroatoms. The maximum absolute atomic E-state index is 12.4. The molecular weight excluding hydrogens is 401 g/mol. The van der Waals surface area contributed by atoms with Crippen LogP contribution in [0.15, 0.2) is 30.3 Å². The zero-order valence-electron chi connectivity index (χ0n) is 11.8. The van der Waals surface area contributed by atoms with Gasteiger partial charge in [0.05, 0.1) is 0 Å². The molecule has 2 aliphatic rings. The first-order chi connectivity index (χ1) is 9.92. The summed E-state index contributed by atoms with van der Waals surface area (Å²) in [5.41, 5.74) is 0.951. The van der Waals surface area contributed by atoms with E-state index in [1.165, 1.54) is 0 Å². The first-order valence-electron chi connectivity index (χ1n) is 6.76. The molecule has 0 spiro atoms. The Labute approximate surface area is 141 Å². The second kappa shape index (κ2) is 5.46. The van der Waals surface area contributed by atoms with E-state index < -0.39 is 6.04 Å². The zero-order chi connectivity index (χ0) is 15.2. The predicted molar refractivity (Wildman–Crippen MR) is 90.1 cm³/mol. The first-order valence-corrected chi connectivity index (χ1v) is 8.89. The van der Waals surface area contributed by atoms with Crippen molar-refractivity contribution >= 4 is 46.2 Å². The summed E-state index contributed by atoms with van der Waals surface area (Å²) in [5, 5.41) is 0.0994. The summed E-state index contributed by atoms with van der Waals surface area (Å²) < 4.78 is 5.09. The largest absolute Gasteiger partial charge is 0.459 e. The summed E-state index contributed by atoms with van der Waals surface area (Å²) in [6, 6.07) is 9.09. The molecular formula is C15H16INO3S. The van der Waals surface area contributed by atoms with E-state index in [9.17, 15) is 9.59 Å². The van der Waals surface area contributed by atoms with Crippen molar-refractivity contribution < 1.29 is 14.3 Å². The van der Waals surface area contributed by atoms with Gasteiger partial charge in [0.2, 0.25) is 5.91 Å². The van der Waals surface area contributed by atoms with E-state index in [1.54, 1.807) is 16.7 Å². The summed E-state index contributed by atoms with van der Waals surface area (Å²) in [7, 11) is 0. The number of hydrogen-bond acceptors (Lipinski definition) is 4. The smallest absolute Gasteiger partial charge is 0.330 e. The number of benzene rings is 1. The van der Waals surface area contributed by atoms with Gasteiger partial charge in [-0.25, -0.2) is 4.79 Å². The molecule has 0 radical (unpaired) electrons. The lowest BCUT2D eigenvalue weighted by molar-refractivity contribution is -0.161. The maximum Gasteiger partial charge on any atom is 0.330 e. The first kappa shape index (κ1) is 15.1. The molecule has 0 saturated carbocycles. The lowest BCUT2D eigenvalue weighted by Gasteiger charge is -2.41. The van der Waals surface area contributed by atoms with Crippen molar-refractivity contribution in [1.29, 1.82) is 0 Å². The molecule has 0 bridgehead atoms. The summed E-state index contributed by atoms with van der Waals surface area (Å²) in [4.78, 5) is 26.2. The van der Waals surface area contributed by atoms with E-state index in [0.717, 1.165) is 5.56 Å². The van der Waals surface area contributed by atoms with Crippen LogP contribution in [0.3, 0.4) is 0 Å². The highest BCUT2D eigenvalue weighted by atomic mass is 127. The Balaban J connectivity index is 1.70. The van der Waals surface area contributed by atoms with Crippen molar-refractivity contribution in [3.63, 3.8) is 0 Å².